The van der Waals surface area contributed by atoms with E-state index in [1.54, 1.807) is 0 Å². The molecule has 0 aliphatic carbocycles. The van der Waals surface area contributed by atoms with Gasteiger partial charge in [-0.1, -0.05) is 55.4 Å². The quantitative estimate of drug-likeness (QED) is 0.555. The predicted octanol–water partition coefficient (Wildman–Crippen LogP) is 2.53. The second-order valence-corrected chi connectivity index (χ2v) is 6.31. The zero-order valence-electron chi connectivity index (χ0n) is 15.9. The van der Waals surface area contributed by atoms with E-state index in [1.807, 2.05) is 55.4 Å². The van der Waals surface area contributed by atoms with E-state index < -0.39 is 0 Å². The normalized spacial score (nSPS) is 8.73. The fraction of sp³-hybridized carbons (Fsp3) is 1.00. The fourth-order valence-electron chi connectivity index (χ4n) is 0. The van der Waals surface area contributed by atoms with Crippen LogP contribution >= 0.6 is 0 Å². The Bertz CT molecular complexity index is 112. The van der Waals surface area contributed by atoms with Crippen LogP contribution in [0, 0.1) is 23.7 Å². The van der Waals surface area contributed by atoms with Gasteiger partial charge < -0.3 is 20.4 Å². The number of hydrogen-bond acceptors (Lipinski definition) is 4. The molecule has 22 heavy (non-hydrogen) atoms. The van der Waals surface area contributed by atoms with Crippen molar-refractivity contribution in [3.05, 3.63) is 0 Å². The van der Waals surface area contributed by atoms with E-state index in [1.165, 1.54) is 0 Å². The van der Waals surface area contributed by atoms with Gasteiger partial charge in [0.15, 0.2) is 0 Å². The third-order valence-corrected chi connectivity index (χ3v) is 1.46. The molecular weight excluding hydrogens is 352 g/mol. The van der Waals surface area contributed by atoms with Crippen LogP contribution in [0.25, 0.3) is 0 Å². The monoisotopic (exact) mass is 392 g/mol. The molecule has 0 unspecified atom stereocenters. The standard InChI is InChI=1S/4C4H10O.2Ti/c4*1-4(2)3-5;;/h4*4-5H,3H2,1-2H3;;. The molecule has 4 N–H and O–H groups in total. The molecule has 0 aromatic carbocycles. The van der Waals surface area contributed by atoms with Gasteiger partial charge in [0.25, 0.3) is 0 Å². The molecule has 0 spiro atoms. The zero-order valence-corrected chi connectivity index (χ0v) is 19.0. The maximum Gasteiger partial charge on any atom is 0.0453 e. The molecule has 0 fully saturated rings. The van der Waals surface area contributed by atoms with Crippen LogP contribution in [-0.2, 0) is 43.4 Å². The van der Waals surface area contributed by atoms with Crippen LogP contribution in [0.4, 0.5) is 0 Å². The van der Waals surface area contributed by atoms with Gasteiger partial charge in [0.05, 0.1) is 0 Å². The maximum absolute atomic E-state index is 8.14. The molecule has 0 aromatic rings. The molecular formula is C16H40O4Ti2. The number of rotatable bonds is 4. The van der Waals surface area contributed by atoms with E-state index in [0.717, 1.165) is 0 Å². The van der Waals surface area contributed by atoms with E-state index >= 15 is 0 Å². The summed E-state index contributed by atoms with van der Waals surface area (Å²) in [5.74, 6) is 1.76. The molecule has 4 nitrogen and oxygen atoms in total. The molecule has 0 amide bonds. The predicted molar refractivity (Wildman–Crippen MR) is 87.7 cm³/mol. The minimum atomic E-state index is 0. The Labute approximate surface area is 168 Å². The van der Waals surface area contributed by atoms with Gasteiger partial charge in [0.2, 0.25) is 0 Å². The van der Waals surface area contributed by atoms with Crippen molar-refractivity contribution in [1.82, 2.24) is 0 Å². The molecule has 136 valence electrons. The van der Waals surface area contributed by atoms with Crippen LogP contribution in [0.1, 0.15) is 55.4 Å². The van der Waals surface area contributed by atoms with Crippen LogP contribution in [0.5, 0.6) is 0 Å². The third kappa shape index (κ3) is 102. The summed E-state index contributed by atoms with van der Waals surface area (Å²) in [7, 11) is 0. The Morgan fingerprint density at radius 1 is 0.409 bits per heavy atom. The van der Waals surface area contributed by atoms with Gasteiger partial charge in [-0.25, -0.2) is 0 Å². The third-order valence-electron chi connectivity index (χ3n) is 1.46. The van der Waals surface area contributed by atoms with Crippen molar-refractivity contribution >= 4 is 0 Å². The van der Waals surface area contributed by atoms with Crippen LogP contribution in [0.3, 0.4) is 0 Å². The summed E-state index contributed by atoms with van der Waals surface area (Å²) in [5.41, 5.74) is 0. The van der Waals surface area contributed by atoms with Gasteiger partial charge >= 0.3 is 0 Å². The van der Waals surface area contributed by atoms with Crippen molar-refractivity contribution in [2.45, 2.75) is 55.4 Å². The van der Waals surface area contributed by atoms with Crippen molar-refractivity contribution in [3.63, 3.8) is 0 Å². The van der Waals surface area contributed by atoms with Crippen molar-refractivity contribution in [2.75, 3.05) is 26.4 Å². The van der Waals surface area contributed by atoms with Crippen molar-refractivity contribution < 1.29 is 63.9 Å². The second kappa shape index (κ2) is 33.8. The number of hydrogen-bond donors (Lipinski definition) is 4. The van der Waals surface area contributed by atoms with E-state index in [0.29, 0.717) is 50.1 Å². The average Bonchev–Trinajstić information content (AvgIpc) is 2.40. The van der Waals surface area contributed by atoms with Crippen LogP contribution < -0.4 is 0 Å². The van der Waals surface area contributed by atoms with Crippen molar-refractivity contribution in [3.8, 4) is 0 Å². The molecule has 0 radical (unpaired) electrons. The molecule has 0 rings (SSSR count). The van der Waals surface area contributed by atoms with Gasteiger partial charge in [0, 0.05) is 69.9 Å². The Morgan fingerprint density at radius 2 is 0.455 bits per heavy atom. The molecule has 0 aliphatic heterocycles. The molecule has 0 atom stereocenters. The van der Waals surface area contributed by atoms with Crippen LogP contribution in [-0.4, -0.2) is 46.9 Å². The number of aliphatic hydroxyl groups is 4. The maximum atomic E-state index is 8.14. The average molecular weight is 392 g/mol. The Balaban J connectivity index is -0.0000000376. The van der Waals surface area contributed by atoms with Crippen LogP contribution in [0.15, 0.2) is 0 Å². The molecule has 0 aromatic heterocycles. The molecule has 0 bridgehead atoms. The van der Waals surface area contributed by atoms with Crippen LogP contribution in [0.2, 0.25) is 0 Å². The zero-order chi connectivity index (χ0) is 17.1. The van der Waals surface area contributed by atoms with E-state index in [2.05, 4.69) is 0 Å². The summed E-state index contributed by atoms with van der Waals surface area (Å²) < 4.78 is 0. The fourth-order valence-corrected chi connectivity index (χ4v) is 0. The Kier molecular flexibility index (Phi) is 59.4. The van der Waals surface area contributed by atoms with Gasteiger partial charge in [-0.3, -0.25) is 0 Å². The SMILES string of the molecule is CC(C)CO.CC(C)CO.CC(C)CO.CC(C)CO.[Ti].[Ti]. The number of aliphatic hydroxyl groups excluding tert-OH is 4. The first-order chi connectivity index (χ1) is 9.08. The first-order valence-corrected chi connectivity index (χ1v) is 7.52. The van der Waals surface area contributed by atoms with Gasteiger partial charge in [-0.05, 0) is 23.7 Å². The summed E-state index contributed by atoms with van der Waals surface area (Å²) in [6, 6.07) is 0. The van der Waals surface area contributed by atoms with E-state index in [-0.39, 0.29) is 43.4 Å². The molecule has 0 aliphatic rings. The van der Waals surface area contributed by atoms with Gasteiger partial charge in [-0.15, -0.1) is 0 Å². The molecule has 6 heteroatoms. The summed E-state index contributed by atoms with van der Waals surface area (Å²) in [5, 5.41) is 32.6. The Hall–Kier alpha value is 1.27. The minimum absolute atomic E-state index is 0. The summed E-state index contributed by atoms with van der Waals surface area (Å²) in [6.07, 6.45) is 0. The minimum Gasteiger partial charge on any atom is -0.396 e. The first kappa shape index (κ1) is 38.7. The second-order valence-electron chi connectivity index (χ2n) is 6.31. The molecule has 0 heterocycles. The largest absolute Gasteiger partial charge is 0.396 e. The summed E-state index contributed by atoms with van der Waals surface area (Å²) in [6.45, 7) is 17.0. The van der Waals surface area contributed by atoms with Gasteiger partial charge in [-0.2, -0.15) is 0 Å². The summed E-state index contributed by atoms with van der Waals surface area (Å²) >= 11 is 0. The molecule has 0 saturated carbocycles. The first-order valence-electron chi connectivity index (χ1n) is 7.52. The topological polar surface area (TPSA) is 80.9 Å². The van der Waals surface area contributed by atoms with Crippen molar-refractivity contribution in [1.29, 1.82) is 0 Å². The Morgan fingerprint density at radius 3 is 0.455 bits per heavy atom. The van der Waals surface area contributed by atoms with E-state index in [9.17, 15) is 0 Å². The molecule has 0 saturated heterocycles. The summed E-state index contributed by atoms with van der Waals surface area (Å²) in [4.78, 5) is 0. The smallest absolute Gasteiger partial charge is 0.0453 e. The van der Waals surface area contributed by atoms with E-state index in [4.69, 9.17) is 20.4 Å². The van der Waals surface area contributed by atoms with Crippen molar-refractivity contribution in [2.24, 2.45) is 23.7 Å². The van der Waals surface area contributed by atoms with Gasteiger partial charge in [0.1, 0.15) is 0 Å².